The van der Waals surface area contributed by atoms with Crippen LogP contribution < -0.4 is 10.6 Å². The number of nitrogens with zero attached hydrogens (tertiary/aromatic N) is 1. The molecule has 0 radical (unpaired) electrons. The molecule has 0 aromatic heterocycles. The van der Waals surface area contributed by atoms with Crippen molar-refractivity contribution in [3.05, 3.63) is 47.5 Å². The molecule has 0 aliphatic heterocycles. The second-order valence-corrected chi connectivity index (χ2v) is 10.2. The van der Waals surface area contributed by atoms with Crippen LogP contribution >= 0.6 is 0 Å². The van der Waals surface area contributed by atoms with Crippen LogP contribution in [-0.4, -0.2) is 47.0 Å². The summed E-state index contributed by atoms with van der Waals surface area (Å²) in [6.07, 6.45) is 1.58. The molecule has 1 aromatic carbocycles. The van der Waals surface area contributed by atoms with E-state index in [0.717, 1.165) is 16.7 Å². The number of amides is 3. The third-order valence-electron chi connectivity index (χ3n) is 5.48. The molecule has 0 bridgehead atoms. The summed E-state index contributed by atoms with van der Waals surface area (Å²) >= 11 is 0. The topological polar surface area (TPSA) is 87.7 Å². The Balaban J connectivity index is 3.54. The zero-order valence-corrected chi connectivity index (χ0v) is 22.3. The zero-order chi connectivity index (χ0) is 26.2. The molecule has 0 aliphatic rings. The van der Waals surface area contributed by atoms with Crippen LogP contribution in [0.25, 0.3) is 0 Å². The third kappa shape index (κ3) is 8.50. The second kappa shape index (κ2) is 12.6. The maximum absolute atomic E-state index is 14.0. The molecule has 3 atom stereocenters. The molecule has 0 aliphatic carbocycles. The molecule has 2 N–H and O–H groups in total. The summed E-state index contributed by atoms with van der Waals surface area (Å²) in [5, 5.41) is 5.71. The minimum Gasteiger partial charge on any atom is -0.444 e. The molecule has 7 heteroatoms. The molecule has 0 heterocycles. The quantitative estimate of drug-likeness (QED) is 0.477. The van der Waals surface area contributed by atoms with Crippen LogP contribution in [-0.2, 0) is 14.3 Å². The summed E-state index contributed by atoms with van der Waals surface area (Å²) in [5.41, 5.74) is 1.93. The van der Waals surface area contributed by atoms with E-state index >= 15 is 0 Å². The van der Waals surface area contributed by atoms with Gasteiger partial charge in [0, 0.05) is 12.6 Å². The molecule has 1 rings (SSSR count). The summed E-state index contributed by atoms with van der Waals surface area (Å²) in [6.45, 7) is 20.7. The molecule has 0 saturated heterocycles. The van der Waals surface area contributed by atoms with Crippen molar-refractivity contribution in [2.75, 3.05) is 6.54 Å². The molecule has 0 spiro atoms. The van der Waals surface area contributed by atoms with Gasteiger partial charge in [0.15, 0.2) is 0 Å². The first-order valence-electron chi connectivity index (χ1n) is 12.0. The Morgan fingerprint density at radius 1 is 1.12 bits per heavy atom. The number of rotatable bonds is 10. The Kier molecular flexibility index (Phi) is 10.8. The molecular weight excluding hydrogens is 430 g/mol. The number of hydrogen-bond donors (Lipinski definition) is 2. The molecular formula is C27H43N3O4. The normalized spacial score (nSPS) is 14.1. The number of hydrogen-bond acceptors (Lipinski definition) is 4. The van der Waals surface area contributed by atoms with E-state index in [2.05, 4.69) is 17.2 Å². The van der Waals surface area contributed by atoms with Crippen molar-refractivity contribution in [3.8, 4) is 0 Å². The van der Waals surface area contributed by atoms with Crippen molar-refractivity contribution in [1.29, 1.82) is 0 Å². The van der Waals surface area contributed by atoms with Gasteiger partial charge in [-0.25, -0.2) is 4.79 Å². The first kappa shape index (κ1) is 29.2. The predicted octanol–water partition coefficient (Wildman–Crippen LogP) is 4.82. The summed E-state index contributed by atoms with van der Waals surface area (Å²) in [5.74, 6) is -0.816. The number of carbonyl (C=O) groups is 3. The van der Waals surface area contributed by atoms with E-state index in [9.17, 15) is 14.4 Å². The van der Waals surface area contributed by atoms with E-state index in [1.165, 1.54) is 4.90 Å². The highest BCUT2D eigenvalue weighted by molar-refractivity contribution is 5.92. The van der Waals surface area contributed by atoms with Crippen molar-refractivity contribution in [2.45, 2.75) is 92.5 Å². The predicted molar refractivity (Wildman–Crippen MR) is 136 cm³/mol. The summed E-state index contributed by atoms with van der Waals surface area (Å²) < 4.78 is 5.41. The standard InChI is InChI=1S/C27H43N3O4/c1-11-15-30(25(32)22(19(6)12-2)29-26(33)34-27(8,9)10)23(24(31)28-17(3)4)21-16-18(5)13-14-20(21)7/h11,13-14,16-17,19,22-23H,1,12,15H2,2-10H3,(H,28,31)(H,29,33). The van der Waals surface area contributed by atoms with Crippen molar-refractivity contribution in [2.24, 2.45) is 5.92 Å². The van der Waals surface area contributed by atoms with Gasteiger partial charge in [0.1, 0.15) is 17.7 Å². The molecule has 34 heavy (non-hydrogen) atoms. The summed E-state index contributed by atoms with van der Waals surface area (Å²) in [6, 6.07) is 4.01. The Morgan fingerprint density at radius 3 is 2.24 bits per heavy atom. The highest BCUT2D eigenvalue weighted by Gasteiger charge is 2.38. The summed E-state index contributed by atoms with van der Waals surface area (Å²) in [4.78, 5) is 41.5. The van der Waals surface area contributed by atoms with Crippen LogP contribution in [0.3, 0.4) is 0 Å². The van der Waals surface area contributed by atoms with Gasteiger partial charge in [-0.15, -0.1) is 6.58 Å². The van der Waals surface area contributed by atoms with Crippen molar-refractivity contribution >= 4 is 17.9 Å². The number of aryl methyl sites for hydroxylation is 2. The molecule has 0 saturated carbocycles. The van der Waals surface area contributed by atoms with E-state index in [0.29, 0.717) is 6.42 Å². The first-order chi connectivity index (χ1) is 15.7. The van der Waals surface area contributed by atoms with E-state index in [1.807, 2.05) is 59.7 Å². The number of ether oxygens (including phenoxy) is 1. The fourth-order valence-electron chi connectivity index (χ4n) is 3.63. The third-order valence-corrected chi connectivity index (χ3v) is 5.48. The highest BCUT2D eigenvalue weighted by Crippen LogP contribution is 2.28. The van der Waals surface area contributed by atoms with Crippen LogP contribution in [0, 0.1) is 19.8 Å². The fourth-order valence-corrected chi connectivity index (χ4v) is 3.63. The van der Waals surface area contributed by atoms with Gasteiger partial charge in [-0.3, -0.25) is 9.59 Å². The average molecular weight is 474 g/mol. The Labute approximate surface area is 205 Å². The van der Waals surface area contributed by atoms with E-state index in [-0.39, 0.29) is 30.3 Å². The lowest BCUT2D eigenvalue weighted by atomic mass is 9.93. The van der Waals surface area contributed by atoms with Crippen molar-refractivity contribution in [1.82, 2.24) is 15.5 Å². The van der Waals surface area contributed by atoms with Gasteiger partial charge >= 0.3 is 6.09 Å². The Hall–Kier alpha value is -2.83. The number of alkyl carbamates (subject to hydrolysis) is 1. The van der Waals surface area contributed by atoms with Crippen molar-refractivity contribution in [3.63, 3.8) is 0 Å². The lowest BCUT2D eigenvalue weighted by Crippen LogP contribution is -2.55. The molecule has 190 valence electrons. The summed E-state index contributed by atoms with van der Waals surface area (Å²) in [7, 11) is 0. The minimum atomic E-state index is -0.875. The van der Waals surface area contributed by atoms with Gasteiger partial charge in [-0.05, 0) is 65.5 Å². The maximum atomic E-state index is 14.0. The van der Waals surface area contributed by atoms with Crippen LogP contribution in [0.4, 0.5) is 4.79 Å². The first-order valence-corrected chi connectivity index (χ1v) is 12.0. The van der Waals surface area contributed by atoms with E-state index in [1.54, 1.807) is 26.8 Å². The SMILES string of the molecule is C=CCN(C(=O)C(NC(=O)OC(C)(C)C)C(C)CC)C(C(=O)NC(C)C)c1cc(C)ccc1C. The molecule has 1 aromatic rings. The van der Waals surface area contributed by atoms with Gasteiger partial charge < -0.3 is 20.3 Å². The van der Waals surface area contributed by atoms with Gasteiger partial charge in [0.25, 0.3) is 0 Å². The van der Waals surface area contributed by atoms with Crippen LogP contribution in [0.15, 0.2) is 30.9 Å². The van der Waals surface area contributed by atoms with E-state index < -0.39 is 23.8 Å². The number of nitrogens with one attached hydrogen (secondary N) is 2. The fraction of sp³-hybridized carbons (Fsp3) is 0.593. The lowest BCUT2D eigenvalue weighted by Gasteiger charge is -2.36. The monoisotopic (exact) mass is 473 g/mol. The van der Waals surface area contributed by atoms with Gasteiger partial charge in [0.2, 0.25) is 11.8 Å². The van der Waals surface area contributed by atoms with Crippen LogP contribution in [0.1, 0.15) is 77.6 Å². The second-order valence-electron chi connectivity index (χ2n) is 10.2. The Bertz CT molecular complexity index is 873. The molecule has 3 unspecified atom stereocenters. The van der Waals surface area contributed by atoms with Gasteiger partial charge in [-0.2, -0.15) is 0 Å². The van der Waals surface area contributed by atoms with Crippen LogP contribution in [0.5, 0.6) is 0 Å². The lowest BCUT2D eigenvalue weighted by molar-refractivity contribution is -0.143. The zero-order valence-electron chi connectivity index (χ0n) is 22.3. The molecule has 7 nitrogen and oxygen atoms in total. The minimum absolute atomic E-state index is 0.106. The highest BCUT2D eigenvalue weighted by atomic mass is 16.6. The van der Waals surface area contributed by atoms with Crippen LogP contribution in [0.2, 0.25) is 0 Å². The molecule has 3 amide bonds. The number of benzene rings is 1. The number of carbonyl (C=O) groups excluding carboxylic acids is 3. The van der Waals surface area contributed by atoms with Gasteiger partial charge in [-0.1, -0.05) is 50.1 Å². The van der Waals surface area contributed by atoms with Crippen molar-refractivity contribution < 1.29 is 19.1 Å². The van der Waals surface area contributed by atoms with Gasteiger partial charge in [0.05, 0.1) is 0 Å². The largest absolute Gasteiger partial charge is 0.444 e. The average Bonchev–Trinajstić information content (AvgIpc) is 2.71. The molecule has 0 fully saturated rings. The maximum Gasteiger partial charge on any atom is 0.408 e. The Morgan fingerprint density at radius 2 is 1.74 bits per heavy atom. The van der Waals surface area contributed by atoms with E-state index in [4.69, 9.17) is 4.74 Å². The smallest absolute Gasteiger partial charge is 0.408 e.